The van der Waals surface area contributed by atoms with Gasteiger partial charge < -0.3 is 15.1 Å². The maximum atomic E-state index is 12.2. The number of hydrogen-bond donors (Lipinski definition) is 2. The first kappa shape index (κ1) is 14.2. The fourth-order valence-corrected chi connectivity index (χ4v) is 1.66. The Morgan fingerprint density at radius 2 is 1.72 bits per heavy atom. The zero-order valence-corrected chi connectivity index (χ0v) is 9.33. The van der Waals surface area contributed by atoms with Crippen LogP contribution in [0, 0.1) is 0 Å². The summed E-state index contributed by atoms with van der Waals surface area (Å²) in [5, 5.41) is 16.6. The number of aromatic nitrogens is 2. The third kappa shape index (κ3) is 3.84. The minimum atomic E-state index is -4.76. The molecule has 0 radical (unpaired) electrons. The second-order valence-corrected chi connectivity index (χ2v) is 3.77. The molecule has 0 aliphatic rings. The molecule has 0 atom stereocenters. The van der Waals surface area contributed by atoms with Gasteiger partial charge in [-0.2, -0.15) is 22.5 Å². The van der Waals surface area contributed by atoms with E-state index in [1.54, 1.807) is 0 Å². The molecule has 1 aromatic rings. The Bertz CT molecular complexity index is 445. The van der Waals surface area contributed by atoms with Gasteiger partial charge in [-0.15, -0.1) is 0 Å². The molecule has 100 valence electrons. The predicted molar refractivity (Wildman–Crippen MR) is 52.4 cm³/mol. The fourth-order valence-electron chi connectivity index (χ4n) is 0.977. The summed E-state index contributed by atoms with van der Waals surface area (Å²) in [4.78, 5) is 24.7. The number of alkyl halides is 3. The van der Waals surface area contributed by atoms with E-state index in [9.17, 15) is 22.8 Å². The van der Waals surface area contributed by atoms with Crippen molar-refractivity contribution in [3.8, 4) is 0 Å². The van der Waals surface area contributed by atoms with Gasteiger partial charge in [-0.3, -0.25) is 9.59 Å². The number of carbonyl (C=O) groups is 2. The number of aliphatic carboxylic acids is 2. The lowest BCUT2D eigenvalue weighted by molar-refractivity contribution is -0.144. The lowest BCUT2D eigenvalue weighted by Gasteiger charge is -2.15. The number of anilines is 1. The first-order valence-electron chi connectivity index (χ1n) is 4.29. The van der Waals surface area contributed by atoms with Gasteiger partial charge in [0, 0.05) is 11.5 Å². The van der Waals surface area contributed by atoms with E-state index in [2.05, 4.69) is 9.36 Å². The van der Waals surface area contributed by atoms with Crippen LogP contribution in [0.25, 0.3) is 0 Å². The first-order chi connectivity index (χ1) is 8.20. The number of nitrogens with zero attached hydrogens (tertiary/aromatic N) is 3. The van der Waals surface area contributed by atoms with Crippen LogP contribution < -0.4 is 4.90 Å². The second kappa shape index (κ2) is 5.16. The molecule has 0 unspecified atom stereocenters. The third-order valence-electron chi connectivity index (χ3n) is 1.59. The molecule has 0 spiro atoms. The average Bonchev–Trinajstić information content (AvgIpc) is 2.62. The molecular weight excluding hydrogens is 279 g/mol. The van der Waals surface area contributed by atoms with Crippen LogP contribution in [-0.2, 0) is 15.8 Å². The van der Waals surface area contributed by atoms with Gasteiger partial charge in [0.1, 0.15) is 13.1 Å². The largest absolute Gasteiger partial charge is 0.480 e. The Hall–Kier alpha value is -1.91. The zero-order chi connectivity index (χ0) is 13.9. The predicted octanol–water partition coefficient (Wildman–Crippen LogP) is 0.533. The SMILES string of the molecule is O=C(O)CN(CC(=O)O)c1nc(C(F)(F)F)ns1. The maximum absolute atomic E-state index is 12.2. The Morgan fingerprint density at radius 1 is 1.22 bits per heavy atom. The van der Waals surface area contributed by atoms with E-state index in [-0.39, 0.29) is 11.5 Å². The van der Waals surface area contributed by atoms with Crippen molar-refractivity contribution in [2.45, 2.75) is 6.18 Å². The van der Waals surface area contributed by atoms with Gasteiger partial charge in [-0.1, -0.05) is 0 Å². The maximum Gasteiger partial charge on any atom is 0.452 e. The quantitative estimate of drug-likeness (QED) is 0.813. The number of rotatable bonds is 5. The highest BCUT2D eigenvalue weighted by molar-refractivity contribution is 7.09. The molecule has 0 bridgehead atoms. The van der Waals surface area contributed by atoms with Crippen LogP contribution in [-0.4, -0.2) is 44.6 Å². The van der Waals surface area contributed by atoms with E-state index in [4.69, 9.17) is 10.2 Å². The summed E-state index contributed by atoms with van der Waals surface area (Å²) in [7, 11) is 0. The molecule has 0 saturated heterocycles. The zero-order valence-electron chi connectivity index (χ0n) is 8.51. The lowest BCUT2D eigenvalue weighted by atomic mass is 10.5. The van der Waals surface area contributed by atoms with E-state index in [0.717, 1.165) is 0 Å². The van der Waals surface area contributed by atoms with Crippen LogP contribution in [0.3, 0.4) is 0 Å². The summed E-state index contributed by atoms with van der Waals surface area (Å²) in [6.45, 7) is -1.56. The highest BCUT2D eigenvalue weighted by Crippen LogP contribution is 2.30. The highest BCUT2D eigenvalue weighted by Gasteiger charge is 2.36. The molecule has 1 heterocycles. The monoisotopic (exact) mass is 285 g/mol. The van der Waals surface area contributed by atoms with Crippen LogP contribution >= 0.6 is 11.5 Å². The van der Waals surface area contributed by atoms with Crippen LogP contribution in [0.4, 0.5) is 18.3 Å². The summed E-state index contributed by atoms with van der Waals surface area (Å²) in [5.74, 6) is -4.21. The summed E-state index contributed by atoms with van der Waals surface area (Å²) in [5.41, 5.74) is 0. The van der Waals surface area contributed by atoms with Gasteiger partial charge in [-0.05, 0) is 0 Å². The van der Waals surface area contributed by atoms with E-state index in [1.165, 1.54) is 0 Å². The summed E-state index contributed by atoms with van der Waals surface area (Å²) in [6.07, 6.45) is -4.76. The van der Waals surface area contributed by atoms with Gasteiger partial charge in [0.2, 0.25) is 11.0 Å². The molecule has 0 amide bonds. The Balaban J connectivity index is 2.95. The molecule has 0 saturated carbocycles. The first-order valence-corrected chi connectivity index (χ1v) is 5.07. The van der Waals surface area contributed by atoms with Crippen LogP contribution in [0.1, 0.15) is 5.82 Å². The normalized spacial score (nSPS) is 11.3. The average molecular weight is 285 g/mol. The van der Waals surface area contributed by atoms with Crippen molar-refractivity contribution < 1.29 is 33.0 Å². The van der Waals surface area contributed by atoms with Crippen molar-refractivity contribution in [2.75, 3.05) is 18.0 Å². The van der Waals surface area contributed by atoms with Gasteiger partial charge in [0.25, 0.3) is 0 Å². The van der Waals surface area contributed by atoms with Crippen LogP contribution in [0.15, 0.2) is 0 Å². The summed E-state index contributed by atoms with van der Waals surface area (Å²) < 4.78 is 39.7. The topological polar surface area (TPSA) is 104 Å². The van der Waals surface area contributed by atoms with E-state index in [0.29, 0.717) is 4.90 Å². The molecule has 18 heavy (non-hydrogen) atoms. The van der Waals surface area contributed by atoms with Gasteiger partial charge >= 0.3 is 18.1 Å². The van der Waals surface area contributed by atoms with E-state index < -0.39 is 42.2 Å². The third-order valence-corrected chi connectivity index (χ3v) is 2.37. The molecule has 2 N–H and O–H groups in total. The summed E-state index contributed by atoms with van der Waals surface area (Å²) >= 11 is 0.287. The smallest absolute Gasteiger partial charge is 0.452 e. The molecule has 1 rings (SSSR count). The molecular formula is C7H6F3N3O4S. The Kier molecular flexibility index (Phi) is 4.06. The van der Waals surface area contributed by atoms with Gasteiger partial charge in [-0.25, -0.2) is 0 Å². The van der Waals surface area contributed by atoms with Crippen LogP contribution in [0.5, 0.6) is 0 Å². The second-order valence-electron chi connectivity index (χ2n) is 3.04. The molecule has 0 fully saturated rings. The standard InChI is InChI=1S/C7H6F3N3O4S/c8-7(9,10)5-11-6(18-12-5)13(1-3(14)15)2-4(16)17/h1-2H2,(H,14,15)(H,16,17). The summed E-state index contributed by atoms with van der Waals surface area (Å²) in [6, 6.07) is 0. The fraction of sp³-hybridized carbons (Fsp3) is 0.429. The number of hydrogen-bond acceptors (Lipinski definition) is 6. The number of carboxylic acid groups (broad SMARTS) is 2. The molecule has 0 aromatic carbocycles. The van der Waals surface area contributed by atoms with Crippen molar-refractivity contribution >= 4 is 28.6 Å². The van der Waals surface area contributed by atoms with Crippen LogP contribution in [0.2, 0.25) is 0 Å². The minimum Gasteiger partial charge on any atom is -0.480 e. The Morgan fingerprint density at radius 3 is 2.06 bits per heavy atom. The highest BCUT2D eigenvalue weighted by atomic mass is 32.1. The van der Waals surface area contributed by atoms with E-state index >= 15 is 0 Å². The molecule has 11 heteroatoms. The lowest BCUT2D eigenvalue weighted by Crippen LogP contribution is -2.34. The Labute approximate surface area is 102 Å². The molecule has 0 aliphatic heterocycles. The van der Waals surface area contributed by atoms with Crippen molar-refractivity contribution in [2.24, 2.45) is 0 Å². The van der Waals surface area contributed by atoms with Gasteiger partial charge in [0.15, 0.2) is 0 Å². The van der Waals surface area contributed by atoms with Crippen molar-refractivity contribution in [1.29, 1.82) is 0 Å². The van der Waals surface area contributed by atoms with Crippen molar-refractivity contribution in [3.05, 3.63) is 5.82 Å². The van der Waals surface area contributed by atoms with Crippen molar-refractivity contribution in [3.63, 3.8) is 0 Å². The van der Waals surface area contributed by atoms with Crippen molar-refractivity contribution in [1.82, 2.24) is 9.36 Å². The molecule has 0 aliphatic carbocycles. The number of carboxylic acids is 2. The minimum absolute atomic E-state index is 0.287. The van der Waals surface area contributed by atoms with Gasteiger partial charge in [0.05, 0.1) is 0 Å². The number of halogens is 3. The van der Waals surface area contributed by atoms with E-state index in [1.807, 2.05) is 0 Å². The molecule has 1 aromatic heterocycles. The molecule has 7 nitrogen and oxygen atoms in total.